The van der Waals surface area contributed by atoms with Gasteiger partial charge < -0.3 is 25.2 Å². The summed E-state index contributed by atoms with van der Waals surface area (Å²) >= 11 is 0. The van der Waals surface area contributed by atoms with E-state index in [0.29, 0.717) is 17.0 Å². The molecule has 3 N–H and O–H groups in total. The molecule has 0 radical (unpaired) electrons. The molecule has 2 unspecified atom stereocenters. The van der Waals surface area contributed by atoms with Gasteiger partial charge in [-0.25, -0.2) is 4.79 Å². The maximum atomic E-state index is 12.9. The van der Waals surface area contributed by atoms with Gasteiger partial charge in [-0.15, -0.1) is 0 Å². The first-order valence-corrected chi connectivity index (χ1v) is 11.2. The fourth-order valence-corrected chi connectivity index (χ4v) is 4.07. The molecule has 2 atom stereocenters. The molecule has 182 valence electrons. The van der Waals surface area contributed by atoms with E-state index in [4.69, 9.17) is 9.47 Å². The van der Waals surface area contributed by atoms with Gasteiger partial charge >= 0.3 is 6.03 Å². The van der Waals surface area contributed by atoms with Crippen LogP contribution in [0, 0.1) is 0 Å². The maximum absolute atomic E-state index is 12.9. The highest BCUT2D eigenvalue weighted by atomic mass is 16.5. The molecule has 4 amide bonds. The number of amides is 4. The van der Waals surface area contributed by atoms with Crippen LogP contribution in [0.1, 0.15) is 30.1 Å². The Morgan fingerprint density at radius 1 is 1.11 bits per heavy atom. The van der Waals surface area contributed by atoms with Crippen molar-refractivity contribution in [1.29, 1.82) is 0 Å². The number of rotatable bonds is 8. The lowest BCUT2D eigenvalue weighted by molar-refractivity contribution is -0.132. The van der Waals surface area contributed by atoms with E-state index in [9.17, 15) is 19.5 Å². The smallest absolute Gasteiger partial charge is 0.325 e. The molecular formula is C26H27N3O6. The maximum Gasteiger partial charge on any atom is 0.325 e. The summed E-state index contributed by atoms with van der Waals surface area (Å²) in [5.74, 6) is 0.333. The minimum atomic E-state index is -1.27. The normalized spacial score (nSPS) is 18.4. The predicted molar refractivity (Wildman–Crippen MR) is 129 cm³/mol. The Kier molecular flexibility index (Phi) is 7.17. The molecule has 0 bridgehead atoms. The number of imide groups is 1. The van der Waals surface area contributed by atoms with Gasteiger partial charge in [-0.1, -0.05) is 24.3 Å². The number of carbonyl (C=O) groups excluding carboxylic acids is 3. The van der Waals surface area contributed by atoms with Crippen molar-refractivity contribution in [2.75, 3.05) is 26.1 Å². The standard InChI is InChI=1S/C26H27N3O6/c1-34-20-10-6-16(7-11-20)17-4-3-5-18(14-17)24(31)23-25(32)29(26(33)28-23)15-22(30)27-19-8-12-21(35-2)13-9-19/h3-6,8-10,12-14,23-24,31H,7,11,15H2,1-2H3,(H,27,30)(H,28,33). The highest BCUT2D eigenvalue weighted by molar-refractivity contribution is 6.08. The summed E-state index contributed by atoms with van der Waals surface area (Å²) in [6.45, 7) is -0.471. The fourth-order valence-electron chi connectivity index (χ4n) is 4.07. The number of benzene rings is 2. The third-order valence-corrected chi connectivity index (χ3v) is 6.02. The molecule has 35 heavy (non-hydrogen) atoms. The van der Waals surface area contributed by atoms with Gasteiger partial charge in [-0.3, -0.25) is 14.5 Å². The molecule has 9 heteroatoms. The second kappa shape index (κ2) is 10.4. The third kappa shape index (κ3) is 5.36. The van der Waals surface area contributed by atoms with E-state index in [1.807, 2.05) is 18.2 Å². The highest BCUT2D eigenvalue weighted by Gasteiger charge is 2.43. The van der Waals surface area contributed by atoms with Gasteiger partial charge in [0.1, 0.15) is 24.4 Å². The van der Waals surface area contributed by atoms with Crippen LogP contribution < -0.4 is 15.4 Å². The average molecular weight is 478 g/mol. The van der Waals surface area contributed by atoms with Gasteiger partial charge in [0.15, 0.2) is 0 Å². The largest absolute Gasteiger partial charge is 0.501 e. The third-order valence-electron chi connectivity index (χ3n) is 6.02. The van der Waals surface area contributed by atoms with Gasteiger partial charge in [0.05, 0.1) is 20.0 Å². The Bertz CT molecular complexity index is 1190. The van der Waals surface area contributed by atoms with Crippen LogP contribution >= 0.6 is 0 Å². The van der Waals surface area contributed by atoms with E-state index < -0.39 is 36.5 Å². The lowest BCUT2D eigenvalue weighted by atomic mass is 9.93. The summed E-state index contributed by atoms with van der Waals surface area (Å²) in [5.41, 5.74) is 2.99. The van der Waals surface area contributed by atoms with Gasteiger partial charge in [0.25, 0.3) is 5.91 Å². The number of hydrogen-bond donors (Lipinski definition) is 3. The number of aliphatic hydroxyl groups excluding tert-OH is 1. The van der Waals surface area contributed by atoms with Crippen molar-refractivity contribution in [3.63, 3.8) is 0 Å². The Hall–Kier alpha value is -4.11. The number of hydrogen-bond acceptors (Lipinski definition) is 6. The molecule has 4 rings (SSSR count). The molecule has 2 aliphatic rings. The second-order valence-electron chi connectivity index (χ2n) is 8.23. The first kappa shape index (κ1) is 24.0. The number of aliphatic hydroxyl groups is 1. The number of methoxy groups -OCH3 is 2. The summed E-state index contributed by atoms with van der Waals surface area (Å²) in [6, 6.07) is 12.0. The first-order chi connectivity index (χ1) is 16.9. The van der Waals surface area contributed by atoms with Crippen LogP contribution in [-0.2, 0) is 14.3 Å². The number of allylic oxidation sites excluding steroid dienone is 4. The van der Waals surface area contributed by atoms with Crippen molar-refractivity contribution < 1.29 is 29.0 Å². The Morgan fingerprint density at radius 3 is 2.54 bits per heavy atom. The van der Waals surface area contributed by atoms with Crippen LogP contribution in [0.25, 0.3) is 5.57 Å². The van der Waals surface area contributed by atoms with Gasteiger partial charge in [0.2, 0.25) is 5.91 Å². The lowest BCUT2D eigenvalue weighted by Crippen LogP contribution is -2.39. The van der Waals surface area contributed by atoms with Gasteiger partial charge in [-0.05, 0) is 59.5 Å². The molecule has 1 saturated heterocycles. The van der Waals surface area contributed by atoms with Crippen molar-refractivity contribution in [2.45, 2.75) is 25.0 Å². The number of urea groups is 1. The highest BCUT2D eigenvalue weighted by Crippen LogP contribution is 2.30. The topological polar surface area (TPSA) is 117 Å². The van der Waals surface area contributed by atoms with Crippen molar-refractivity contribution >= 4 is 29.1 Å². The molecule has 2 aromatic rings. The lowest BCUT2D eigenvalue weighted by Gasteiger charge is -2.19. The van der Waals surface area contributed by atoms with Crippen molar-refractivity contribution in [1.82, 2.24) is 10.2 Å². The molecule has 0 saturated carbocycles. The van der Waals surface area contributed by atoms with Crippen LogP contribution in [0.3, 0.4) is 0 Å². The van der Waals surface area contributed by atoms with E-state index in [2.05, 4.69) is 10.6 Å². The first-order valence-electron chi connectivity index (χ1n) is 11.2. The zero-order valence-corrected chi connectivity index (χ0v) is 19.5. The molecule has 2 aromatic carbocycles. The monoisotopic (exact) mass is 477 g/mol. The number of anilines is 1. The minimum absolute atomic E-state index is 0.471. The molecule has 1 fully saturated rings. The molecule has 9 nitrogen and oxygen atoms in total. The van der Waals surface area contributed by atoms with E-state index in [0.717, 1.165) is 34.6 Å². The van der Waals surface area contributed by atoms with Crippen LogP contribution in [0.4, 0.5) is 10.5 Å². The van der Waals surface area contributed by atoms with Crippen LogP contribution in [0.5, 0.6) is 5.75 Å². The molecule has 1 heterocycles. The molecular weight excluding hydrogens is 450 g/mol. The minimum Gasteiger partial charge on any atom is -0.501 e. The Morgan fingerprint density at radius 2 is 1.89 bits per heavy atom. The molecule has 0 spiro atoms. The number of nitrogens with zero attached hydrogens (tertiary/aromatic N) is 1. The summed E-state index contributed by atoms with van der Waals surface area (Å²) in [6.07, 6.45) is 4.18. The second-order valence-corrected chi connectivity index (χ2v) is 8.23. The molecule has 1 aliphatic carbocycles. The number of nitrogens with one attached hydrogen (secondary N) is 2. The summed E-state index contributed by atoms with van der Waals surface area (Å²) in [7, 11) is 3.18. The Balaban J connectivity index is 1.42. The summed E-state index contributed by atoms with van der Waals surface area (Å²) in [4.78, 5) is 38.6. The quantitative estimate of drug-likeness (QED) is 0.503. The van der Waals surface area contributed by atoms with E-state index in [1.54, 1.807) is 49.6 Å². The Labute approximate surface area is 203 Å². The number of ether oxygens (including phenoxy) is 2. The summed E-state index contributed by atoms with van der Waals surface area (Å²) < 4.78 is 10.3. The average Bonchev–Trinajstić information content (AvgIpc) is 3.17. The van der Waals surface area contributed by atoms with Crippen LogP contribution in [0.15, 0.2) is 66.4 Å². The van der Waals surface area contributed by atoms with Crippen molar-refractivity contribution in [3.05, 3.63) is 77.6 Å². The van der Waals surface area contributed by atoms with E-state index >= 15 is 0 Å². The molecule has 0 aromatic heterocycles. The van der Waals surface area contributed by atoms with Gasteiger partial charge in [-0.2, -0.15) is 0 Å². The van der Waals surface area contributed by atoms with Crippen molar-refractivity contribution in [2.24, 2.45) is 0 Å². The van der Waals surface area contributed by atoms with E-state index in [-0.39, 0.29) is 0 Å². The molecule has 1 aliphatic heterocycles. The van der Waals surface area contributed by atoms with Crippen molar-refractivity contribution in [3.8, 4) is 5.75 Å². The van der Waals surface area contributed by atoms with Crippen LogP contribution in [-0.4, -0.2) is 54.7 Å². The SMILES string of the molecule is COC1=CC=C(c2cccc(C(O)C3NC(=O)N(CC(=O)Nc4ccc(OC)cc4)C3=O)c2)CC1. The van der Waals surface area contributed by atoms with Gasteiger partial charge in [0, 0.05) is 12.1 Å². The zero-order valence-electron chi connectivity index (χ0n) is 19.5. The summed E-state index contributed by atoms with van der Waals surface area (Å²) in [5, 5.41) is 16.1. The van der Waals surface area contributed by atoms with E-state index in [1.165, 1.54) is 7.11 Å². The predicted octanol–water partition coefficient (Wildman–Crippen LogP) is 3.00. The number of carbonyl (C=O) groups is 3. The fraction of sp³-hybridized carbons (Fsp3) is 0.269. The zero-order chi connectivity index (χ0) is 24.9. The van der Waals surface area contributed by atoms with Crippen LogP contribution in [0.2, 0.25) is 0 Å².